The molecule has 5 heteroatoms. The highest BCUT2D eigenvalue weighted by molar-refractivity contribution is 5.85. The van der Waals surface area contributed by atoms with Crippen LogP contribution in [0.1, 0.15) is 32.4 Å². The highest BCUT2D eigenvalue weighted by Crippen LogP contribution is 2.17. The summed E-state index contributed by atoms with van der Waals surface area (Å²) >= 11 is 0. The molecule has 4 nitrogen and oxygen atoms in total. The van der Waals surface area contributed by atoms with Crippen molar-refractivity contribution in [3.63, 3.8) is 0 Å². The number of benzene rings is 1. The minimum atomic E-state index is -0.950. The second-order valence-corrected chi connectivity index (χ2v) is 4.90. The number of carbonyl (C=O) groups is 1. The third-order valence-corrected chi connectivity index (χ3v) is 3.24. The Morgan fingerprint density at radius 1 is 1.26 bits per heavy atom. The van der Waals surface area contributed by atoms with E-state index in [0.717, 1.165) is 18.7 Å². The Bertz CT molecular complexity index is 549. The van der Waals surface area contributed by atoms with E-state index in [1.807, 2.05) is 43.5 Å². The van der Waals surface area contributed by atoms with Gasteiger partial charge < -0.3 is 10.0 Å². The Morgan fingerprint density at radius 2 is 1.87 bits per heavy atom. The molecule has 0 spiro atoms. The summed E-state index contributed by atoms with van der Waals surface area (Å²) in [5, 5.41) is 9.30. The van der Waals surface area contributed by atoms with Gasteiger partial charge in [-0.25, -0.2) is 4.79 Å². The maximum atomic E-state index is 11.3. The van der Waals surface area contributed by atoms with E-state index >= 15 is 0 Å². The maximum absolute atomic E-state index is 11.3. The molecule has 1 aromatic carbocycles. The van der Waals surface area contributed by atoms with Gasteiger partial charge in [-0.15, -0.1) is 12.4 Å². The summed E-state index contributed by atoms with van der Waals surface area (Å²) < 4.78 is 0. The number of carboxylic acid groups (broad SMARTS) is 1. The van der Waals surface area contributed by atoms with Crippen LogP contribution in [0.3, 0.4) is 0 Å². The average molecular weight is 337 g/mol. The Morgan fingerprint density at radius 3 is 2.39 bits per heavy atom. The maximum Gasteiger partial charge on any atom is 0.333 e. The van der Waals surface area contributed by atoms with E-state index in [2.05, 4.69) is 23.7 Å². The lowest BCUT2D eigenvalue weighted by atomic mass is 10.1. The number of allylic oxidation sites excluding steroid dienone is 3. The molecular weight excluding hydrogens is 312 g/mol. The van der Waals surface area contributed by atoms with Gasteiger partial charge in [0.05, 0.1) is 0 Å². The minimum Gasteiger partial charge on any atom is -0.479 e. The number of hydrogen-bond acceptors (Lipinski definition) is 3. The van der Waals surface area contributed by atoms with Crippen molar-refractivity contribution in [3.05, 3.63) is 59.8 Å². The van der Waals surface area contributed by atoms with Gasteiger partial charge in [0.15, 0.2) is 6.04 Å². The molecule has 0 aromatic heterocycles. The monoisotopic (exact) mass is 336 g/mol. The summed E-state index contributed by atoms with van der Waals surface area (Å²) in [5.41, 5.74) is 1.59. The third-order valence-electron chi connectivity index (χ3n) is 3.24. The van der Waals surface area contributed by atoms with Gasteiger partial charge in [0, 0.05) is 19.3 Å². The first kappa shape index (κ1) is 20.9. The van der Waals surface area contributed by atoms with Crippen molar-refractivity contribution in [2.75, 3.05) is 13.1 Å². The molecule has 1 atom stereocenters. The quantitative estimate of drug-likeness (QED) is 0.574. The molecule has 0 saturated heterocycles. The zero-order valence-corrected chi connectivity index (χ0v) is 14.7. The zero-order chi connectivity index (χ0) is 16.4. The number of halogens is 1. The molecule has 0 bridgehead atoms. The number of hydrogen-bond donors (Lipinski definition) is 1. The lowest BCUT2D eigenvalue weighted by Crippen LogP contribution is -2.14. The van der Waals surface area contributed by atoms with E-state index in [1.54, 1.807) is 18.3 Å². The van der Waals surface area contributed by atoms with Crippen molar-refractivity contribution >= 4 is 24.6 Å². The van der Waals surface area contributed by atoms with E-state index in [4.69, 9.17) is 0 Å². The third kappa shape index (κ3) is 7.66. The molecule has 23 heavy (non-hydrogen) atoms. The summed E-state index contributed by atoms with van der Waals surface area (Å²) in [4.78, 5) is 17.7. The van der Waals surface area contributed by atoms with Crippen LogP contribution < -0.4 is 0 Å². The SMILES string of the molecule is CCN(/C=C/C=C(\C)C=N[C@@H](C(=O)O)c1ccccc1)CC.Cl. The molecule has 0 aliphatic heterocycles. The van der Waals surface area contributed by atoms with Crippen LogP contribution in [0.15, 0.2) is 59.2 Å². The Labute approximate surface area is 144 Å². The van der Waals surface area contributed by atoms with E-state index in [1.165, 1.54) is 0 Å². The minimum absolute atomic E-state index is 0. The second-order valence-electron chi connectivity index (χ2n) is 4.90. The Hall–Kier alpha value is -2.07. The number of aliphatic carboxylic acids is 1. The van der Waals surface area contributed by atoms with E-state index in [0.29, 0.717) is 5.56 Å². The van der Waals surface area contributed by atoms with Crippen LogP contribution in [-0.2, 0) is 4.79 Å². The zero-order valence-electron chi connectivity index (χ0n) is 13.8. The lowest BCUT2D eigenvalue weighted by Gasteiger charge is -2.13. The van der Waals surface area contributed by atoms with Gasteiger partial charge in [-0.05, 0) is 44.2 Å². The van der Waals surface area contributed by atoms with Gasteiger partial charge in [-0.1, -0.05) is 36.4 Å². The molecule has 0 fully saturated rings. The van der Waals surface area contributed by atoms with E-state index < -0.39 is 12.0 Å². The fourth-order valence-corrected chi connectivity index (χ4v) is 1.91. The van der Waals surface area contributed by atoms with Crippen LogP contribution in [0, 0.1) is 0 Å². The van der Waals surface area contributed by atoms with Crippen LogP contribution in [0.5, 0.6) is 0 Å². The molecule has 0 heterocycles. The molecule has 0 amide bonds. The van der Waals surface area contributed by atoms with Crippen molar-refractivity contribution in [2.45, 2.75) is 26.8 Å². The second kappa shape index (κ2) is 11.5. The molecule has 1 aromatic rings. The summed E-state index contributed by atoms with van der Waals surface area (Å²) in [6.45, 7) is 8.03. The molecule has 0 radical (unpaired) electrons. The number of nitrogens with zero attached hydrogens (tertiary/aromatic N) is 2. The molecule has 0 aliphatic rings. The van der Waals surface area contributed by atoms with Crippen molar-refractivity contribution in [3.8, 4) is 0 Å². The van der Waals surface area contributed by atoms with Crippen LogP contribution >= 0.6 is 12.4 Å². The molecule has 126 valence electrons. The number of aliphatic imine (C=N–C) groups is 1. The molecule has 1 rings (SSSR count). The lowest BCUT2D eigenvalue weighted by molar-refractivity contribution is -0.138. The van der Waals surface area contributed by atoms with E-state index in [-0.39, 0.29) is 12.4 Å². The number of rotatable bonds is 8. The normalized spacial score (nSPS) is 13.1. The summed E-state index contributed by atoms with van der Waals surface area (Å²) in [6.07, 6.45) is 7.50. The van der Waals surface area contributed by atoms with Crippen LogP contribution in [0.25, 0.3) is 0 Å². The molecule has 1 N–H and O–H groups in total. The van der Waals surface area contributed by atoms with Crippen molar-refractivity contribution < 1.29 is 9.90 Å². The average Bonchev–Trinajstić information content (AvgIpc) is 2.52. The standard InChI is InChI=1S/C18H24N2O2.ClH/c1-4-20(5-2)13-9-10-15(3)14-19-17(18(21)22)16-11-7-6-8-12-16;/h6-14,17H,4-5H2,1-3H3,(H,21,22);1H/b13-9+,15-10+,19-14?;/t17-;/m1./s1. The predicted molar refractivity (Wildman–Crippen MR) is 98.4 cm³/mol. The van der Waals surface area contributed by atoms with Crippen LogP contribution in [0.4, 0.5) is 0 Å². The Balaban J connectivity index is 0.00000484. The fraction of sp³-hybridized carbons (Fsp3) is 0.333. The molecule has 0 saturated carbocycles. The van der Waals surface area contributed by atoms with Gasteiger partial charge >= 0.3 is 5.97 Å². The van der Waals surface area contributed by atoms with Crippen molar-refractivity contribution in [1.82, 2.24) is 4.90 Å². The van der Waals surface area contributed by atoms with Crippen molar-refractivity contribution in [1.29, 1.82) is 0 Å². The Kier molecular flexibility index (Phi) is 10.5. The van der Waals surface area contributed by atoms with Gasteiger partial charge in [0.1, 0.15) is 0 Å². The molecule has 0 aliphatic carbocycles. The molecular formula is C18H25ClN2O2. The van der Waals surface area contributed by atoms with Crippen molar-refractivity contribution in [2.24, 2.45) is 4.99 Å². The smallest absolute Gasteiger partial charge is 0.333 e. The highest BCUT2D eigenvalue weighted by Gasteiger charge is 2.16. The van der Waals surface area contributed by atoms with Gasteiger partial charge in [-0.2, -0.15) is 0 Å². The van der Waals surface area contributed by atoms with Gasteiger partial charge in [-0.3, -0.25) is 4.99 Å². The largest absolute Gasteiger partial charge is 0.479 e. The number of carboxylic acids is 1. The summed E-state index contributed by atoms with van der Waals surface area (Å²) in [7, 11) is 0. The van der Waals surface area contributed by atoms with Gasteiger partial charge in [0.25, 0.3) is 0 Å². The first-order chi connectivity index (χ1) is 10.6. The summed E-state index contributed by atoms with van der Waals surface area (Å²) in [6, 6.07) is 8.17. The topological polar surface area (TPSA) is 52.9 Å². The fourth-order valence-electron chi connectivity index (χ4n) is 1.91. The summed E-state index contributed by atoms with van der Waals surface area (Å²) in [5.74, 6) is -0.950. The first-order valence-corrected chi connectivity index (χ1v) is 7.48. The predicted octanol–water partition coefficient (Wildman–Crippen LogP) is 4.11. The van der Waals surface area contributed by atoms with Crippen LogP contribution in [-0.4, -0.2) is 35.3 Å². The van der Waals surface area contributed by atoms with Gasteiger partial charge in [0.2, 0.25) is 0 Å². The van der Waals surface area contributed by atoms with Crippen LogP contribution in [0.2, 0.25) is 0 Å². The molecule has 0 unspecified atom stereocenters. The highest BCUT2D eigenvalue weighted by atomic mass is 35.5. The van der Waals surface area contributed by atoms with E-state index in [9.17, 15) is 9.90 Å². The first-order valence-electron chi connectivity index (χ1n) is 7.48.